The Kier molecular flexibility index (Phi) is 3.88. The third-order valence-electron chi connectivity index (χ3n) is 4.10. The molecule has 2 amide bonds. The highest BCUT2D eigenvalue weighted by atomic mass is 16.2. The minimum absolute atomic E-state index is 0.0491. The Morgan fingerprint density at radius 2 is 2.18 bits per heavy atom. The standard InChI is InChI=1S/C17H21N3O2/c1-11(2)10-14-16(21)19-8-9-20(14)17(22)13-5-3-4-12-6-7-18-15(12)13/h3-7,11,14,18H,8-10H2,1-2H3,(H,19,21)/t14-/m0/s1. The number of hydrogen-bond donors (Lipinski definition) is 2. The number of rotatable bonds is 3. The number of fused-ring (bicyclic) bond motifs is 1. The number of aromatic amines is 1. The van der Waals surface area contributed by atoms with Crippen LogP contribution in [0.15, 0.2) is 30.5 Å². The van der Waals surface area contributed by atoms with Crippen LogP contribution in [-0.4, -0.2) is 40.8 Å². The second-order valence-corrected chi connectivity index (χ2v) is 6.18. The van der Waals surface area contributed by atoms with Crippen molar-refractivity contribution in [2.45, 2.75) is 26.3 Å². The lowest BCUT2D eigenvalue weighted by Crippen LogP contribution is -2.57. The Morgan fingerprint density at radius 3 is 2.95 bits per heavy atom. The molecule has 1 aliphatic rings. The Balaban J connectivity index is 1.95. The van der Waals surface area contributed by atoms with Crippen molar-refractivity contribution >= 4 is 22.7 Å². The van der Waals surface area contributed by atoms with Gasteiger partial charge in [0, 0.05) is 24.7 Å². The van der Waals surface area contributed by atoms with Crippen molar-refractivity contribution in [3.63, 3.8) is 0 Å². The maximum atomic E-state index is 13.0. The number of H-pyrrole nitrogens is 1. The number of aromatic nitrogens is 1. The zero-order valence-corrected chi connectivity index (χ0v) is 12.9. The van der Waals surface area contributed by atoms with Crippen molar-refractivity contribution in [3.05, 3.63) is 36.0 Å². The molecule has 1 aromatic heterocycles. The zero-order valence-electron chi connectivity index (χ0n) is 12.9. The fourth-order valence-electron chi connectivity index (χ4n) is 3.06. The van der Waals surface area contributed by atoms with Crippen LogP contribution in [0.25, 0.3) is 10.9 Å². The van der Waals surface area contributed by atoms with Gasteiger partial charge in [-0.2, -0.15) is 0 Å². The molecule has 0 spiro atoms. The van der Waals surface area contributed by atoms with Crippen LogP contribution in [0.3, 0.4) is 0 Å². The number of carbonyl (C=O) groups is 2. The Labute approximate surface area is 129 Å². The number of nitrogens with one attached hydrogen (secondary N) is 2. The molecular formula is C17H21N3O2. The van der Waals surface area contributed by atoms with Gasteiger partial charge in [0.15, 0.2) is 0 Å². The van der Waals surface area contributed by atoms with E-state index in [0.29, 0.717) is 31.0 Å². The lowest BCUT2D eigenvalue weighted by molar-refractivity contribution is -0.128. The molecule has 1 aromatic carbocycles. The van der Waals surface area contributed by atoms with Crippen LogP contribution >= 0.6 is 0 Å². The van der Waals surface area contributed by atoms with Gasteiger partial charge < -0.3 is 15.2 Å². The van der Waals surface area contributed by atoms with Gasteiger partial charge >= 0.3 is 0 Å². The topological polar surface area (TPSA) is 65.2 Å². The van der Waals surface area contributed by atoms with Crippen molar-refractivity contribution in [1.82, 2.24) is 15.2 Å². The predicted molar refractivity (Wildman–Crippen MR) is 85.6 cm³/mol. The van der Waals surface area contributed by atoms with E-state index in [2.05, 4.69) is 24.1 Å². The molecule has 0 radical (unpaired) electrons. The average molecular weight is 299 g/mol. The third kappa shape index (κ3) is 2.58. The number of amides is 2. The summed E-state index contributed by atoms with van der Waals surface area (Å²) in [4.78, 5) is 30.0. The maximum absolute atomic E-state index is 13.0. The van der Waals surface area contributed by atoms with Crippen LogP contribution in [0, 0.1) is 5.92 Å². The summed E-state index contributed by atoms with van der Waals surface area (Å²) in [5, 5.41) is 3.87. The van der Waals surface area contributed by atoms with E-state index in [-0.39, 0.29) is 17.9 Å². The number of hydrogen-bond acceptors (Lipinski definition) is 2. The zero-order chi connectivity index (χ0) is 15.7. The molecule has 1 atom stereocenters. The lowest BCUT2D eigenvalue weighted by Gasteiger charge is -2.36. The van der Waals surface area contributed by atoms with Crippen LogP contribution in [0.2, 0.25) is 0 Å². The summed E-state index contributed by atoms with van der Waals surface area (Å²) in [5.74, 6) is 0.228. The Morgan fingerprint density at radius 1 is 1.36 bits per heavy atom. The summed E-state index contributed by atoms with van der Waals surface area (Å²) < 4.78 is 0. The van der Waals surface area contributed by atoms with E-state index in [9.17, 15) is 9.59 Å². The van der Waals surface area contributed by atoms with Gasteiger partial charge in [-0.15, -0.1) is 0 Å². The van der Waals surface area contributed by atoms with Crippen LogP contribution in [-0.2, 0) is 4.79 Å². The van der Waals surface area contributed by atoms with Gasteiger partial charge in [0.25, 0.3) is 5.91 Å². The van der Waals surface area contributed by atoms with Crippen molar-refractivity contribution < 1.29 is 9.59 Å². The molecule has 1 aliphatic heterocycles. The van der Waals surface area contributed by atoms with Gasteiger partial charge in [0.05, 0.1) is 11.1 Å². The summed E-state index contributed by atoms with van der Waals surface area (Å²) in [6, 6.07) is 7.23. The molecule has 0 aliphatic carbocycles. The average Bonchev–Trinajstić information content (AvgIpc) is 2.96. The van der Waals surface area contributed by atoms with Gasteiger partial charge in [0.2, 0.25) is 5.91 Å². The van der Waals surface area contributed by atoms with Gasteiger partial charge in [-0.3, -0.25) is 9.59 Å². The molecule has 1 saturated heterocycles. The third-order valence-corrected chi connectivity index (χ3v) is 4.10. The molecule has 0 bridgehead atoms. The first kappa shape index (κ1) is 14.6. The highest BCUT2D eigenvalue weighted by molar-refractivity contribution is 6.07. The second kappa shape index (κ2) is 5.83. The number of piperazine rings is 1. The fourth-order valence-corrected chi connectivity index (χ4v) is 3.06. The SMILES string of the molecule is CC(C)C[C@H]1C(=O)NCCN1C(=O)c1cccc2cc[nH]c12. The monoisotopic (exact) mass is 299 g/mol. The molecule has 116 valence electrons. The summed E-state index contributed by atoms with van der Waals surface area (Å²) >= 11 is 0. The minimum atomic E-state index is -0.383. The lowest BCUT2D eigenvalue weighted by atomic mass is 9.99. The summed E-state index contributed by atoms with van der Waals surface area (Å²) in [6.07, 6.45) is 2.51. The highest BCUT2D eigenvalue weighted by Gasteiger charge is 2.34. The van der Waals surface area contributed by atoms with Gasteiger partial charge in [-0.05, 0) is 24.5 Å². The van der Waals surface area contributed by atoms with Gasteiger partial charge in [0.1, 0.15) is 6.04 Å². The molecular weight excluding hydrogens is 278 g/mol. The summed E-state index contributed by atoms with van der Waals surface area (Å²) in [6.45, 7) is 5.20. The van der Waals surface area contributed by atoms with E-state index >= 15 is 0 Å². The molecule has 5 heteroatoms. The normalized spacial score (nSPS) is 18.8. The molecule has 3 rings (SSSR count). The van der Waals surface area contributed by atoms with Crippen molar-refractivity contribution in [2.75, 3.05) is 13.1 Å². The maximum Gasteiger partial charge on any atom is 0.256 e. The molecule has 1 fully saturated rings. The first-order chi connectivity index (χ1) is 10.6. The van der Waals surface area contributed by atoms with Crippen LogP contribution in [0.5, 0.6) is 0 Å². The first-order valence-corrected chi connectivity index (χ1v) is 7.72. The molecule has 22 heavy (non-hydrogen) atoms. The van der Waals surface area contributed by atoms with E-state index < -0.39 is 0 Å². The van der Waals surface area contributed by atoms with E-state index in [4.69, 9.17) is 0 Å². The largest absolute Gasteiger partial charge is 0.361 e. The Hall–Kier alpha value is -2.30. The van der Waals surface area contributed by atoms with Crippen molar-refractivity contribution in [2.24, 2.45) is 5.92 Å². The number of carbonyl (C=O) groups excluding carboxylic acids is 2. The molecule has 2 aromatic rings. The molecule has 2 heterocycles. The van der Waals surface area contributed by atoms with Gasteiger partial charge in [-0.1, -0.05) is 26.0 Å². The van der Waals surface area contributed by atoms with Crippen LogP contribution < -0.4 is 5.32 Å². The van der Waals surface area contributed by atoms with E-state index in [1.165, 1.54) is 0 Å². The van der Waals surface area contributed by atoms with Crippen molar-refractivity contribution in [1.29, 1.82) is 0 Å². The quantitative estimate of drug-likeness (QED) is 0.912. The van der Waals surface area contributed by atoms with Crippen LogP contribution in [0.4, 0.5) is 0 Å². The van der Waals surface area contributed by atoms with Crippen LogP contribution in [0.1, 0.15) is 30.6 Å². The molecule has 5 nitrogen and oxygen atoms in total. The van der Waals surface area contributed by atoms with Crippen molar-refractivity contribution in [3.8, 4) is 0 Å². The first-order valence-electron chi connectivity index (χ1n) is 7.72. The Bertz CT molecular complexity index is 705. The smallest absolute Gasteiger partial charge is 0.256 e. The summed E-state index contributed by atoms with van der Waals surface area (Å²) in [5.41, 5.74) is 1.47. The van der Waals surface area contributed by atoms with E-state index in [0.717, 1.165) is 10.9 Å². The predicted octanol–water partition coefficient (Wildman–Crippen LogP) is 2.15. The molecule has 0 unspecified atom stereocenters. The summed E-state index contributed by atoms with van der Waals surface area (Å²) in [7, 11) is 0. The minimum Gasteiger partial charge on any atom is -0.361 e. The van der Waals surface area contributed by atoms with E-state index in [1.807, 2.05) is 30.5 Å². The number of nitrogens with zero attached hydrogens (tertiary/aromatic N) is 1. The highest BCUT2D eigenvalue weighted by Crippen LogP contribution is 2.22. The molecule has 2 N–H and O–H groups in total. The second-order valence-electron chi connectivity index (χ2n) is 6.18. The molecule has 0 saturated carbocycles. The number of benzene rings is 1. The number of para-hydroxylation sites is 1. The van der Waals surface area contributed by atoms with E-state index in [1.54, 1.807) is 4.90 Å². The van der Waals surface area contributed by atoms with Gasteiger partial charge in [-0.25, -0.2) is 0 Å². The fraction of sp³-hybridized carbons (Fsp3) is 0.412.